The minimum atomic E-state index is -0.839. The number of hydrogen-bond acceptors (Lipinski definition) is 6. The number of pyridine rings is 1. The molecule has 0 aliphatic carbocycles. The van der Waals surface area contributed by atoms with Crippen LogP contribution < -0.4 is 14.4 Å². The molecule has 7 heteroatoms. The van der Waals surface area contributed by atoms with Gasteiger partial charge in [0.05, 0.1) is 25.3 Å². The molecule has 1 saturated heterocycles. The van der Waals surface area contributed by atoms with Crippen molar-refractivity contribution in [2.24, 2.45) is 5.92 Å². The Morgan fingerprint density at radius 3 is 2.46 bits per heavy atom. The lowest BCUT2D eigenvalue weighted by Gasteiger charge is -2.25. The van der Waals surface area contributed by atoms with Gasteiger partial charge >= 0.3 is 0 Å². The van der Waals surface area contributed by atoms with Crippen molar-refractivity contribution in [2.45, 2.75) is 26.8 Å². The fourth-order valence-electron chi connectivity index (χ4n) is 4.07. The van der Waals surface area contributed by atoms with Gasteiger partial charge in [0.25, 0.3) is 11.7 Å². The van der Waals surface area contributed by atoms with Gasteiger partial charge in [-0.2, -0.15) is 0 Å². The smallest absolute Gasteiger partial charge is 0.300 e. The number of ketones is 1. The van der Waals surface area contributed by atoms with E-state index >= 15 is 0 Å². The summed E-state index contributed by atoms with van der Waals surface area (Å²) in [6.45, 7) is 6.58. The fraction of sp³-hybridized carbons (Fsp3) is 0.250. The molecule has 35 heavy (non-hydrogen) atoms. The highest BCUT2D eigenvalue weighted by molar-refractivity contribution is 6.51. The Bertz CT molecular complexity index is 1270. The fourth-order valence-corrected chi connectivity index (χ4v) is 4.07. The van der Waals surface area contributed by atoms with Crippen LogP contribution in [-0.2, 0) is 9.59 Å². The average molecular weight is 473 g/mol. The van der Waals surface area contributed by atoms with Crippen LogP contribution in [0.15, 0.2) is 72.6 Å². The summed E-state index contributed by atoms with van der Waals surface area (Å²) >= 11 is 0. The number of hydrogen-bond donors (Lipinski definition) is 1. The van der Waals surface area contributed by atoms with Crippen LogP contribution in [0.5, 0.6) is 11.5 Å². The van der Waals surface area contributed by atoms with Crippen LogP contribution in [0.2, 0.25) is 0 Å². The first-order valence-corrected chi connectivity index (χ1v) is 11.4. The topological polar surface area (TPSA) is 89.0 Å². The first kappa shape index (κ1) is 24.0. The molecule has 180 valence electrons. The number of rotatable bonds is 7. The van der Waals surface area contributed by atoms with Crippen molar-refractivity contribution in [3.8, 4) is 11.5 Å². The van der Waals surface area contributed by atoms with Gasteiger partial charge in [0.2, 0.25) is 0 Å². The summed E-state index contributed by atoms with van der Waals surface area (Å²) in [5.41, 5.74) is 2.37. The van der Waals surface area contributed by atoms with Crippen molar-refractivity contribution in [3.05, 3.63) is 89.3 Å². The summed E-state index contributed by atoms with van der Waals surface area (Å²) < 4.78 is 11.1. The number of nitrogens with zero attached hydrogens (tertiary/aromatic N) is 2. The highest BCUT2D eigenvalue weighted by Gasteiger charge is 2.47. The second-order valence-electron chi connectivity index (χ2n) is 8.84. The van der Waals surface area contributed by atoms with E-state index in [2.05, 4.69) is 18.8 Å². The Kier molecular flexibility index (Phi) is 6.87. The highest BCUT2D eigenvalue weighted by Crippen LogP contribution is 2.42. The summed E-state index contributed by atoms with van der Waals surface area (Å²) in [4.78, 5) is 32.0. The predicted molar refractivity (Wildman–Crippen MR) is 134 cm³/mol. The standard InChI is InChI=1S/C28H28N2O5/c1-17(2)16-35-23-12-7-19(14-18(23)3)26(31)24-25(20-6-5-13-29-15-20)30(28(33)27(24)32)21-8-10-22(34-4)11-9-21/h5-15,17,25,31H,16H2,1-4H3/b26-24-. The highest BCUT2D eigenvalue weighted by atomic mass is 16.5. The third-order valence-electron chi connectivity index (χ3n) is 5.82. The molecule has 1 unspecified atom stereocenters. The Balaban J connectivity index is 1.82. The van der Waals surface area contributed by atoms with Gasteiger partial charge in [-0.1, -0.05) is 19.9 Å². The predicted octanol–water partition coefficient (Wildman–Crippen LogP) is 5.06. The third kappa shape index (κ3) is 4.75. The second kappa shape index (κ2) is 10.0. The molecule has 2 aromatic carbocycles. The molecule has 1 amide bonds. The van der Waals surface area contributed by atoms with Gasteiger partial charge in [0, 0.05) is 23.6 Å². The number of carbonyl (C=O) groups excluding carboxylic acids is 2. The zero-order valence-electron chi connectivity index (χ0n) is 20.2. The van der Waals surface area contributed by atoms with Gasteiger partial charge in [-0.05, 0) is 72.5 Å². The van der Waals surface area contributed by atoms with Crippen LogP contribution in [0.3, 0.4) is 0 Å². The molecule has 4 rings (SSSR count). The van der Waals surface area contributed by atoms with Crippen molar-refractivity contribution in [2.75, 3.05) is 18.6 Å². The molecule has 1 aliphatic heterocycles. The molecule has 1 fully saturated rings. The Labute approximate surface area is 204 Å². The number of aromatic nitrogens is 1. The third-order valence-corrected chi connectivity index (χ3v) is 5.82. The molecule has 0 radical (unpaired) electrons. The summed E-state index contributed by atoms with van der Waals surface area (Å²) in [6, 6.07) is 14.7. The zero-order valence-corrected chi connectivity index (χ0v) is 20.2. The number of methoxy groups -OCH3 is 1. The van der Waals surface area contributed by atoms with Crippen LogP contribution in [-0.4, -0.2) is 35.5 Å². The van der Waals surface area contributed by atoms with E-state index in [1.807, 2.05) is 6.92 Å². The maximum atomic E-state index is 13.3. The van der Waals surface area contributed by atoms with E-state index < -0.39 is 17.7 Å². The van der Waals surface area contributed by atoms with Crippen molar-refractivity contribution in [1.82, 2.24) is 4.98 Å². The number of aliphatic hydroxyl groups excluding tert-OH is 1. The lowest BCUT2D eigenvalue weighted by molar-refractivity contribution is -0.132. The van der Waals surface area contributed by atoms with Gasteiger partial charge in [0.1, 0.15) is 17.3 Å². The van der Waals surface area contributed by atoms with Crippen LogP contribution in [0.4, 0.5) is 5.69 Å². The molecule has 1 N–H and O–H groups in total. The number of carbonyl (C=O) groups is 2. The Morgan fingerprint density at radius 2 is 1.86 bits per heavy atom. The van der Waals surface area contributed by atoms with Crippen LogP contribution in [0.1, 0.15) is 36.6 Å². The Morgan fingerprint density at radius 1 is 1.11 bits per heavy atom. The van der Waals surface area contributed by atoms with E-state index in [9.17, 15) is 14.7 Å². The Hall–Kier alpha value is -4.13. The molecule has 1 aromatic heterocycles. The lowest BCUT2D eigenvalue weighted by atomic mass is 9.95. The molecule has 2 heterocycles. The van der Waals surface area contributed by atoms with E-state index in [0.29, 0.717) is 40.8 Å². The molecular formula is C28H28N2O5. The van der Waals surface area contributed by atoms with E-state index in [0.717, 1.165) is 5.56 Å². The quantitative estimate of drug-likeness (QED) is 0.294. The van der Waals surface area contributed by atoms with Crippen LogP contribution in [0.25, 0.3) is 5.76 Å². The number of anilines is 1. The maximum absolute atomic E-state index is 13.3. The maximum Gasteiger partial charge on any atom is 0.300 e. The number of Topliss-reactive ketones (excluding diaryl/α,β-unsaturated/α-hetero) is 1. The van der Waals surface area contributed by atoms with Crippen molar-refractivity contribution >= 4 is 23.1 Å². The molecule has 3 aromatic rings. The molecular weight excluding hydrogens is 444 g/mol. The zero-order chi connectivity index (χ0) is 25.1. The summed E-state index contributed by atoms with van der Waals surface area (Å²) in [6.07, 6.45) is 3.21. The number of ether oxygens (including phenoxy) is 2. The van der Waals surface area contributed by atoms with E-state index in [-0.39, 0.29) is 11.3 Å². The number of aryl methyl sites for hydroxylation is 1. The number of benzene rings is 2. The lowest BCUT2D eigenvalue weighted by Crippen LogP contribution is -2.29. The molecule has 7 nitrogen and oxygen atoms in total. The average Bonchev–Trinajstić information content (AvgIpc) is 3.13. The van der Waals surface area contributed by atoms with Gasteiger partial charge in [-0.3, -0.25) is 19.5 Å². The first-order chi connectivity index (χ1) is 16.8. The molecule has 0 spiro atoms. The van der Waals surface area contributed by atoms with Crippen molar-refractivity contribution in [3.63, 3.8) is 0 Å². The van der Waals surface area contributed by atoms with E-state index in [1.54, 1.807) is 74.1 Å². The van der Waals surface area contributed by atoms with E-state index in [1.165, 1.54) is 4.90 Å². The van der Waals surface area contributed by atoms with Gasteiger partial charge in [-0.25, -0.2) is 0 Å². The van der Waals surface area contributed by atoms with Crippen LogP contribution in [0, 0.1) is 12.8 Å². The van der Waals surface area contributed by atoms with Crippen LogP contribution >= 0.6 is 0 Å². The SMILES string of the molecule is COc1ccc(N2C(=O)C(=O)/C(=C(\O)c3ccc(OCC(C)C)c(C)c3)C2c2cccnc2)cc1. The first-order valence-electron chi connectivity index (χ1n) is 11.4. The molecule has 0 saturated carbocycles. The number of aliphatic hydroxyl groups is 1. The minimum absolute atomic E-state index is 0.00840. The number of amides is 1. The minimum Gasteiger partial charge on any atom is -0.507 e. The van der Waals surface area contributed by atoms with Crippen molar-refractivity contribution in [1.29, 1.82) is 0 Å². The second-order valence-corrected chi connectivity index (χ2v) is 8.84. The summed E-state index contributed by atoms with van der Waals surface area (Å²) in [5, 5.41) is 11.3. The molecule has 1 atom stereocenters. The van der Waals surface area contributed by atoms with Crippen molar-refractivity contribution < 1.29 is 24.2 Å². The molecule has 1 aliphatic rings. The van der Waals surface area contributed by atoms with Gasteiger partial charge < -0.3 is 14.6 Å². The molecule has 0 bridgehead atoms. The monoisotopic (exact) mass is 472 g/mol. The van der Waals surface area contributed by atoms with Gasteiger partial charge in [0.15, 0.2) is 0 Å². The summed E-state index contributed by atoms with van der Waals surface area (Å²) in [5.74, 6) is -0.0250. The summed E-state index contributed by atoms with van der Waals surface area (Å²) in [7, 11) is 1.55. The van der Waals surface area contributed by atoms with Gasteiger partial charge in [-0.15, -0.1) is 0 Å². The normalized spacial score (nSPS) is 17.2. The largest absolute Gasteiger partial charge is 0.507 e. The van der Waals surface area contributed by atoms with E-state index in [4.69, 9.17) is 9.47 Å².